The zero-order chi connectivity index (χ0) is 16.8. The molecule has 120 valence electrons. The number of amides is 1. The van der Waals surface area contributed by atoms with E-state index in [1.807, 2.05) is 6.92 Å². The Morgan fingerprint density at radius 2 is 1.91 bits per heavy atom. The SMILES string of the molecule is CC(Nc1cccc(NC(=O)CO)c1)c1ccccc1[N+](=O)[O-]. The van der Waals surface area contributed by atoms with Crippen LogP contribution in [-0.2, 0) is 4.79 Å². The van der Waals surface area contributed by atoms with Gasteiger partial charge in [0.15, 0.2) is 0 Å². The molecule has 3 N–H and O–H groups in total. The average molecular weight is 315 g/mol. The van der Waals surface area contributed by atoms with Crippen molar-refractivity contribution >= 4 is 23.0 Å². The van der Waals surface area contributed by atoms with Crippen molar-refractivity contribution < 1.29 is 14.8 Å². The minimum atomic E-state index is -0.593. The van der Waals surface area contributed by atoms with Crippen molar-refractivity contribution in [1.29, 1.82) is 0 Å². The highest BCUT2D eigenvalue weighted by molar-refractivity contribution is 5.91. The number of para-hydroxylation sites is 1. The zero-order valence-corrected chi connectivity index (χ0v) is 12.5. The van der Waals surface area contributed by atoms with Gasteiger partial charge in [-0.15, -0.1) is 0 Å². The smallest absolute Gasteiger partial charge is 0.274 e. The number of nitro groups is 1. The number of rotatable bonds is 6. The molecule has 0 aliphatic rings. The van der Waals surface area contributed by atoms with E-state index in [0.29, 0.717) is 16.9 Å². The maximum Gasteiger partial charge on any atom is 0.274 e. The van der Waals surface area contributed by atoms with E-state index in [-0.39, 0.29) is 11.7 Å². The van der Waals surface area contributed by atoms with Gasteiger partial charge in [0.05, 0.1) is 16.5 Å². The number of benzene rings is 2. The first-order valence-corrected chi connectivity index (χ1v) is 7.02. The normalized spacial score (nSPS) is 11.6. The number of nitrogens with zero attached hydrogens (tertiary/aromatic N) is 1. The second kappa shape index (κ2) is 7.37. The number of hydrogen-bond acceptors (Lipinski definition) is 5. The van der Waals surface area contributed by atoms with Crippen molar-refractivity contribution in [2.75, 3.05) is 17.2 Å². The molecule has 2 aromatic carbocycles. The Bertz CT molecular complexity index is 718. The predicted octanol–water partition coefficient (Wildman–Crippen LogP) is 2.70. The maximum absolute atomic E-state index is 11.2. The molecule has 1 unspecified atom stereocenters. The molecule has 1 amide bonds. The third kappa shape index (κ3) is 4.27. The quantitative estimate of drug-likeness (QED) is 0.561. The van der Waals surface area contributed by atoms with E-state index in [9.17, 15) is 14.9 Å². The summed E-state index contributed by atoms with van der Waals surface area (Å²) >= 11 is 0. The number of carbonyl (C=O) groups is 1. The molecule has 0 aliphatic heterocycles. The summed E-state index contributed by atoms with van der Waals surface area (Å²) in [5.41, 5.74) is 1.86. The first-order valence-electron chi connectivity index (χ1n) is 7.02. The van der Waals surface area contributed by atoms with E-state index in [0.717, 1.165) is 0 Å². The summed E-state index contributed by atoms with van der Waals surface area (Å²) in [6, 6.07) is 13.2. The van der Waals surface area contributed by atoms with E-state index in [2.05, 4.69) is 10.6 Å². The molecule has 0 saturated heterocycles. The van der Waals surface area contributed by atoms with Crippen molar-refractivity contribution in [3.63, 3.8) is 0 Å². The topological polar surface area (TPSA) is 104 Å². The first-order chi connectivity index (χ1) is 11.0. The van der Waals surface area contributed by atoms with Crippen LogP contribution in [0.3, 0.4) is 0 Å². The average Bonchev–Trinajstić information content (AvgIpc) is 2.55. The molecular formula is C16H17N3O4. The zero-order valence-electron chi connectivity index (χ0n) is 12.5. The fraction of sp³-hybridized carbons (Fsp3) is 0.188. The number of aliphatic hydroxyl groups excluding tert-OH is 1. The van der Waals surface area contributed by atoms with Crippen LogP contribution in [0.2, 0.25) is 0 Å². The molecule has 0 spiro atoms. The highest BCUT2D eigenvalue weighted by Crippen LogP contribution is 2.28. The molecule has 23 heavy (non-hydrogen) atoms. The minimum Gasteiger partial charge on any atom is -0.387 e. The third-order valence-corrected chi connectivity index (χ3v) is 3.27. The molecule has 0 radical (unpaired) electrons. The van der Waals surface area contributed by atoms with Crippen molar-refractivity contribution in [1.82, 2.24) is 0 Å². The molecule has 7 nitrogen and oxygen atoms in total. The Labute approximate surface area is 133 Å². The van der Waals surface area contributed by atoms with Gasteiger partial charge in [0.1, 0.15) is 6.61 Å². The van der Waals surface area contributed by atoms with Crippen molar-refractivity contribution in [2.45, 2.75) is 13.0 Å². The molecule has 0 aromatic heterocycles. The van der Waals surface area contributed by atoms with Crippen LogP contribution >= 0.6 is 0 Å². The van der Waals surface area contributed by atoms with Crippen LogP contribution in [0.1, 0.15) is 18.5 Å². The summed E-state index contributed by atoms with van der Waals surface area (Å²) < 4.78 is 0. The monoisotopic (exact) mass is 315 g/mol. The number of anilines is 2. The molecule has 0 fully saturated rings. The highest BCUT2D eigenvalue weighted by atomic mass is 16.6. The van der Waals surface area contributed by atoms with Crippen LogP contribution < -0.4 is 10.6 Å². The molecule has 2 aromatic rings. The molecule has 0 saturated carbocycles. The lowest BCUT2D eigenvalue weighted by Crippen LogP contribution is -2.15. The number of nitro benzene ring substituents is 1. The highest BCUT2D eigenvalue weighted by Gasteiger charge is 2.18. The van der Waals surface area contributed by atoms with Crippen molar-refractivity contribution in [2.24, 2.45) is 0 Å². The van der Waals surface area contributed by atoms with Crippen LogP contribution in [0.25, 0.3) is 0 Å². The fourth-order valence-electron chi connectivity index (χ4n) is 2.23. The standard InChI is InChI=1S/C16H17N3O4/c1-11(14-7-2-3-8-15(14)19(22)23)17-12-5-4-6-13(9-12)18-16(21)10-20/h2-9,11,17,20H,10H2,1H3,(H,18,21). The fourth-order valence-corrected chi connectivity index (χ4v) is 2.23. The van der Waals surface area contributed by atoms with E-state index < -0.39 is 17.4 Å². The third-order valence-electron chi connectivity index (χ3n) is 3.27. The van der Waals surface area contributed by atoms with E-state index in [1.165, 1.54) is 6.07 Å². The Morgan fingerprint density at radius 1 is 1.22 bits per heavy atom. The number of aliphatic hydroxyl groups is 1. The van der Waals surface area contributed by atoms with Crippen LogP contribution in [0, 0.1) is 10.1 Å². The summed E-state index contributed by atoms with van der Waals surface area (Å²) in [5, 5.41) is 25.5. The van der Waals surface area contributed by atoms with Crippen molar-refractivity contribution in [3.8, 4) is 0 Å². The number of carbonyl (C=O) groups excluding carboxylic acids is 1. The minimum absolute atomic E-state index is 0.0530. The van der Waals surface area contributed by atoms with Gasteiger partial charge in [-0.25, -0.2) is 0 Å². The predicted molar refractivity (Wildman–Crippen MR) is 87.3 cm³/mol. The lowest BCUT2D eigenvalue weighted by molar-refractivity contribution is -0.385. The van der Waals surface area contributed by atoms with Gasteiger partial charge < -0.3 is 15.7 Å². The first kappa shape index (κ1) is 16.4. The Balaban J connectivity index is 2.17. The Hall–Kier alpha value is -2.93. The molecule has 0 bridgehead atoms. The molecular weight excluding hydrogens is 298 g/mol. The van der Waals surface area contributed by atoms with Crippen LogP contribution in [0.15, 0.2) is 48.5 Å². The van der Waals surface area contributed by atoms with Gasteiger partial charge in [-0.3, -0.25) is 14.9 Å². The summed E-state index contributed by atoms with van der Waals surface area (Å²) in [6.07, 6.45) is 0. The summed E-state index contributed by atoms with van der Waals surface area (Å²) in [5.74, 6) is -0.506. The lowest BCUT2D eigenvalue weighted by Gasteiger charge is -2.16. The van der Waals surface area contributed by atoms with E-state index in [1.54, 1.807) is 42.5 Å². The van der Waals surface area contributed by atoms with Gasteiger partial charge in [0, 0.05) is 17.4 Å². The molecule has 2 rings (SSSR count). The van der Waals surface area contributed by atoms with Gasteiger partial charge in [-0.2, -0.15) is 0 Å². The molecule has 0 heterocycles. The van der Waals surface area contributed by atoms with E-state index >= 15 is 0 Å². The number of nitrogens with one attached hydrogen (secondary N) is 2. The molecule has 0 aliphatic carbocycles. The van der Waals surface area contributed by atoms with Gasteiger partial charge in [-0.1, -0.05) is 24.3 Å². The summed E-state index contributed by atoms with van der Waals surface area (Å²) in [6.45, 7) is 1.23. The van der Waals surface area contributed by atoms with Crippen LogP contribution in [-0.4, -0.2) is 22.5 Å². The molecule has 7 heteroatoms. The van der Waals surface area contributed by atoms with Crippen molar-refractivity contribution in [3.05, 3.63) is 64.2 Å². The molecule has 1 atom stereocenters. The van der Waals surface area contributed by atoms with Gasteiger partial charge in [0.2, 0.25) is 5.91 Å². The second-order valence-electron chi connectivity index (χ2n) is 4.97. The Kier molecular flexibility index (Phi) is 5.27. The Morgan fingerprint density at radius 3 is 2.61 bits per heavy atom. The summed E-state index contributed by atoms with van der Waals surface area (Å²) in [7, 11) is 0. The van der Waals surface area contributed by atoms with Crippen LogP contribution in [0.5, 0.6) is 0 Å². The van der Waals surface area contributed by atoms with E-state index in [4.69, 9.17) is 5.11 Å². The van der Waals surface area contributed by atoms with Crippen LogP contribution in [0.4, 0.5) is 17.1 Å². The number of hydrogen-bond donors (Lipinski definition) is 3. The van der Waals surface area contributed by atoms with Gasteiger partial charge in [-0.05, 0) is 25.1 Å². The lowest BCUT2D eigenvalue weighted by atomic mass is 10.1. The van der Waals surface area contributed by atoms with Gasteiger partial charge in [0.25, 0.3) is 5.69 Å². The second-order valence-corrected chi connectivity index (χ2v) is 4.97. The maximum atomic E-state index is 11.2. The van der Waals surface area contributed by atoms with Gasteiger partial charge >= 0.3 is 0 Å². The largest absolute Gasteiger partial charge is 0.387 e. The summed E-state index contributed by atoms with van der Waals surface area (Å²) in [4.78, 5) is 21.9.